The Labute approximate surface area is 114 Å². The topological polar surface area (TPSA) is 46.6 Å². The molecule has 18 heavy (non-hydrogen) atoms. The summed E-state index contributed by atoms with van der Waals surface area (Å²) in [7, 11) is -3.95. The van der Waals surface area contributed by atoms with Crippen LogP contribution in [0.5, 0.6) is 0 Å². The molecule has 100 valence electrons. The quantitative estimate of drug-likeness (QED) is 0.789. The lowest BCUT2D eigenvalue weighted by atomic mass is 10.3. The number of rotatable bonds is 2. The van der Waals surface area contributed by atoms with Gasteiger partial charge in [-0.1, -0.05) is 27.7 Å². The minimum atomic E-state index is -3.95. The molecule has 0 aliphatic carbocycles. The Morgan fingerprint density at radius 1 is 1.28 bits per heavy atom. The molecule has 1 fully saturated rings. The molecule has 0 unspecified atom stereocenters. The molecular formula is C10H10Cl2FNO3S. The highest BCUT2D eigenvalue weighted by Gasteiger charge is 2.30. The fourth-order valence-electron chi connectivity index (χ4n) is 1.58. The summed E-state index contributed by atoms with van der Waals surface area (Å²) in [6, 6.07) is 2.32. The molecule has 0 saturated carbocycles. The maximum atomic E-state index is 13.5. The van der Waals surface area contributed by atoms with Crippen LogP contribution in [0.25, 0.3) is 0 Å². The molecule has 0 spiro atoms. The van der Waals surface area contributed by atoms with Gasteiger partial charge in [0.05, 0.1) is 16.7 Å². The van der Waals surface area contributed by atoms with E-state index < -0.39 is 20.9 Å². The Balaban J connectivity index is 2.44. The smallest absolute Gasteiger partial charge is 0.266 e. The molecule has 1 heterocycles. The van der Waals surface area contributed by atoms with E-state index >= 15 is 0 Å². The van der Waals surface area contributed by atoms with E-state index in [4.69, 9.17) is 28.0 Å². The van der Waals surface area contributed by atoms with Crippen molar-refractivity contribution >= 4 is 33.2 Å². The van der Waals surface area contributed by atoms with Crippen LogP contribution < -0.4 is 0 Å². The van der Waals surface area contributed by atoms with Crippen LogP contribution in [0.3, 0.4) is 0 Å². The molecule has 1 aliphatic heterocycles. The largest absolute Gasteiger partial charge is 0.284 e. The van der Waals surface area contributed by atoms with Crippen molar-refractivity contribution in [2.24, 2.45) is 0 Å². The van der Waals surface area contributed by atoms with Crippen molar-refractivity contribution in [3.8, 4) is 0 Å². The zero-order valence-electron chi connectivity index (χ0n) is 9.20. The van der Waals surface area contributed by atoms with Crippen LogP contribution in [0.2, 0.25) is 10.0 Å². The van der Waals surface area contributed by atoms with Gasteiger partial charge in [-0.3, -0.25) is 4.84 Å². The molecule has 0 atom stereocenters. The van der Waals surface area contributed by atoms with Crippen molar-refractivity contribution in [1.82, 2.24) is 4.47 Å². The average Bonchev–Trinajstić information content (AvgIpc) is 2.37. The van der Waals surface area contributed by atoms with Crippen LogP contribution in [0, 0.1) is 5.82 Å². The summed E-state index contributed by atoms with van der Waals surface area (Å²) in [4.78, 5) is 4.71. The Morgan fingerprint density at radius 3 is 2.61 bits per heavy atom. The SMILES string of the molecule is O=S(=O)(c1ccc(Cl)c(F)c1Cl)N1CCCCO1. The number of hydroxylamine groups is 1. The summed E-state index contributed by atoms with van der Waals surface area (Å²) in [6.07, 6.45) is 1.47. The van der Waals surface area contributed by atoms with Gasteiger partial charge < -0.3 is 0 Å². The highest BCUT2D eigenvalue weighted by atomic mass is 35.5. The Hall–Kier alpha value is -0.400. The number of hydrogen-bond acceptors (Lipinski definition) is 3. The third-order valence-electron chi connectivity index (χ3n) is 2.52. The molecular weight excluding hydrogens is 304 g/mol. The van der Waals surface area contributed by atoms with E-state index in [1.807, 2.05) is 0 Å². The number of nitrogens with zero attached hydrogens (tertiary/aromatic N) is 1. The van der Waals surface area contributed by atoms with Crippen molar-refractivity contribution < 1.29 is 17.6 Å². The normalized spacial score (nSPS) is 17.9. The van der Waals surface area contributed by atoms with Gasteiger partial charge >= 0.3 is 0 Å². The molecule has 0 amide bonds. The van der Waals surface area contributed by atoms with Crippen LogP contribution in [0.1, 0.15) is 12.8 Å². The van der Waals surface area contributed by atoms with Gasteiger partial charge in [-0.2, -0.15) is 0 Å². The van der Waals surface area contributed by atoms with E-state index in [-0.39, 0.29) is 16.5 Å². The third kappa shape index (κ3) is 2.48. The minimum absolute atomic E-state index is 0.224. The lowest BCUT2D eigenvalue weighted by Crippen LogP contribution is -2.35. The zero-order chi connectivity index (χ0) is 13.3. The second-order valence-corrected chi connectivity index (χ2v) is 6.33. The molecule has 1 aromatic rings. The molecule has 1 saturated heterocycles. The van der Waals surface area contributed by atoms with E-state index in [1.54, 1.807) is 0 Å². The van der Waals surface area contributed by atoms with E-state index in [0.29, 0.717) is 13.0 Å². The summed E-state index contributed by atoms with van der Waals surface area (Å²) in [5.74, 6) is -0.948. The predicted octanol–water partition coefficient (Wildman–Crippen LogP) is 2.85. The van der Waals surface area contributed by atoms with Gasteiger partial charge in [0.1, 0.15) is 4.90 Å². The maximum absolute atomic E-state index is 13.5. The first-order valence-corrected chi connectivity index (χ1v) is 7.43. The fraction of sp³-hybridized carbons (Fsp3) is 0.400. The molecule has 0 aromatic heterocycles. The Morgan fingerprint density at radius 2 is 2.00 bits per heavy atom. The lowest BCUT2D eigenvalue weighted by molar-refractivity contribution is -0.108. The summed E-state index contributed by atoms with van der Waals surface area (Å²) >= 11 is 11.2. The van der Waals surface area contributed by atoms with Crippen LogP contribution >= 0.6 is 23.2 Å². The van der Waals surface area contributed by atoms with Crippen molar-refractivity contribution in [3.05, 3.63) is 28.0 Å². The highest BCUT2D eigenvalue weighted by Crippen LogP contribution is 2.32. The van der Waals surface area contributed by atoms with Crippen LogP contribution in [-0.2, 0) is 14.9 Å². The van der Waals surface area contributed by atoms with Gasteiger partial charge in [-0.25, -0.2) is 12.8 Å². The zero-order valence-corrected chi connectivity index (χ0v) is 11.5. The van der Waals surface area contributed by atoms with Crippen LogP contribution in [0.4, 0.5) is 4.39 Å². The van der Waals surface area contributed by atoms with Gasteiger partial charge in [0.15, 0.2) is 5.82 Å². The standard InChI is InChI=1S/C10H10Cl2FNO3S/c11-7-3-4-8(9(12)10(7)13)18(15,16)14-5-1-2-6-17-14/h3-4H,1-2,5-6H2. The number of benzene rings is 1. The fourth-order valence-corrected chi connectivity index (χ4v) is 3.60. The van der Waals surface area contributed by atoms with Crippen molar-refractivity contribution in [1.29, 1.82) is 0 Å². The Kier molecular flexibility index (Phi) is 4.13. The van der Waals surface area contributed by atoms with Crippen LogP contribution in [0.15, 0.2) is 17.0 Å². The number of sulfonamides is 1. The van der Waals surface area contributed by atoms with Gasteiger partial charge in [0.25, 0.3) is 10.0 Å². The highest BCUT2D eigenvalue weighted by molar-refractivity contribution is 7.89. The molecule has 4 nitrogen and oxygen atoms in total. The van der Waals surface area contributed by atoms with E-state index in [1.165, 1.54) is 6.07 Å². The van der Waals surface area contributed by atoms with Gasteiger partial charge in [0.2, 0.25) is 0 Å². The van der Waals surface area contributed by atoms with E-state index in [9.17, 15) is 12.8 Å². The predicted molar refractivity (Wildman–Crippen MR) is 65.5 cm³/mol. The molecule has 0 bridgehead atoms. The molecule has 1 aromatic carbocycles. The minimum Gasteiger partial charge on any atom is -0.284 e. The van der Waals surface area contributed by atoms with Crippen molar-refractivity contribution in [3.63, 3.8) is 0 Å². The van der Waals surface area contributed by atoms with Gasteiger partial charge in [0, 0.05) is 6.54 Å². The van der Waals surface area contributed by atoms with Crippen molar-refractivity contribution in [2.75, 3.05) is 13.2 Å². The summed E-state index contributed by atoms with van der Waals surface area (Å²) in [5, 5.41) is -0.741. The first kappa shape index (κ1) is 14.0. The molecule has 2 rings (SSSR count). The van der Waals surface area contributed by atoms with Gasteiger partial charge in [-0.05, 0) is 25.0 Å². The third-order valence-corrected chi connectivity index (χ3v) is 5.01. The summed E-state index contributed by atoms with van der Waals surface area (Å²) < 4.78 is 38.7. The number of hydrogen-bond donors (Lipinski definition) is 0. The second-order valence-electron chi connectivity index (χ2n) is 3.75. The monoisotopic (exact) mass is 313 g/mol. The lowest BCUT2D eigenvalue weighted by Gasteiger charge is -2.25. The molecule has 0 N–H and O–H groups in total. The molecule has 8 heteroatoms. The van der Waals surface area contributed by atoms with Crippen LogP contribution in [-0.4, -0.2) is 26.0 Å². The average molecular weight is 314 g/mol. The van der Waals surface area contributed by atoms with E-state index in [2.05, 4.69) is 0 Å². The van der Waals surface area contributed by atoms with E-state index in [0.717, 1.165) is 17.0 Å². The van der Waals surface area contributed by atoms with Gasteiger partial charge in [-0.15, -0.1) is 0 Å². The second kappa shape index (κ2) is 5.30. The maximum Gasteiger partial charge on any atom is 0.266 e. The molecule has 0 radical (unpaired) electrons. The Bertz CT molecular complexity index is 558. The summed E-state index contributed by atoms with van der Waals surface area (Å²) in [5.41, 5.74) is 0. The first-order chi connectivity index (χ1) is 8.44. The first-order valence-electron chi connectivity index (χ1n) is 5.24. The summed E-state index contributed by atoms with van der Waals surface area (Å²) in [6.45, 7) is 0.538. The van der Waals surface area contributed by atoms with Crippen molar-refractivity contribution in [2.45, 2.75) is 17.7 Å². The number of halogens is 3. The molecule has 1 aliphatic rings.